The first-order valence-corrected chi connectivity index (χ1v) is 9.57. The minimum atomic E-state index is -0.0747. The van der Waals surface area contributed by atoms with E-state index < -0.39 is 0 Å². The quantitative estimate of drug-likeness (QED) is 0.728. The summed E-state index contributed by atoms with van der Waals surface area (Å²) in [4.78, 5) is 12.1. The lowest BCUT2D eigenvalue weighted by molar-refractivity contribution is -0.154. The third-order valence-electron chi connectivity index (χ3n) is 8.98. The van der Waals surface area contributed by atoms with Crippen LogP contribution in [0.1, 0.15) is 72.1 Å². The highest BCUT2D eigenvalue weighted by atomic mass is 16.3. The SMILES string of the molecule is C[C@H]1CC(=O)C[C@@H]2CC[C@H]3[C@H]4CC[C@H](O)[C@@]4(C)CC[C@H]3[C@]21C. The summed E-state index contributed by atoms with van der Waals surface area (Å²) in [6.07, 6.45) is 8.84. The number of carbonyl (C=O) groups excluding carboxylic acids is 1. The Morgan fingerprint density at radius 1 is 1.00 bits per heavy atom. The van der Waals surface area contributed by atoms with Crippen molar-refractivity contribution < 1.29 is 9.90 Å². The molecule has 0 heterocycles. The van der Waals surface area contributed by atoms with E-state index >= 15 is 0 Å². The van der Waals surface area contributed by atoms with Gasteiger partial charge in [0, 0.05) is 12.8 Å². The molecule has 4 aliphatic rings. The first kappa shape index (κ1) is 15.2. The van der Waals surface area contributed by atoms with Crippen molar-refractivity contribution in [3.05, 3.63) is 0 Å². The molecule has 4 fully saturated rings. The van der Waals surface area contributed by atoms with Crippen molar-refractivity contribution >= 4 is 5.78 Å². The number of ketones is 1. The summed E-state index contributed by atoms with van der Waals surface area (Å²) in [5.41, 5.74) is 0.545. The molecule has 0 amide bonds. The molecule has 4 saturated carbocycles. The standard InChI is InChI=1S/C20H32O2/c1-12-10-14(21)11-13-4-5-15-16-6-7-18(22)19(16,2)9-8-17(15)20(12,13)3/h12-13,15-18,22H,4-11H2,1-3H3/t12-,13-,15-,16+,17+,18-,19-,20-/m0/s1. The van der Waals surface area contributed by atoms with Crippen molar-refractivity contribution in [3.8, 4) is 0 Å². The Bertz CT molecular complexity index is 486. The van der Waals surface area contributed by atoms with Gasteiger partial charge in [-0.15, -0.1) is 0 Å². The third-order valence-corrected chi connectivity index (χ3v) is 8.98. The van der Waals surface area contributed by atoms with Crippen LogP contribution >= 0.6 is 0 Å². The van der Waals surface area contributed by atoms with Crippen LogP contribution in [0.5, 0.6) is 0 Å². The lowest BCUT2D eigenvalue weighted by Crippen LogP contribution is -2.56. The maximum absolute atomic E-state index is 12.1. The van der Waals surface area contributed by atoms with Crippen LogP contribution in [-0.4, -0.2) is 17.0 Å². The highest BCUT2D eigenvalue weighted by molar-refractivity contribution is 5.80. The maximum atomic E-state index is 12.1. The molecule has 0 spiro atoms. The fourth-order valence-electron chi connectivity index (χ4n) is 7.45. The number of rotatable bonds is 0. The molecule has 2 nitrogen and oxygen atoms in total. The first-order valence-electron chi connectivity index (χ1n) is 9.57. The Morgan fingerprint density at radius 3 is 2.55 bits per heavy atom. The molecule has 0 aromatic heterocycles. The van der Waals surface area contributed by atoms with Crippen LogP contribution in [0.4, 0.5) is 0 Å². The summed E-state index contributed by atoms with van der Waals surface area (Å²) in [6.45, 7) is 7.21. The highest BCUT2D eigenvalue weighted by Crippen LogP contribution is 2.66. The highest BCUT2D eigenvalue weighted by Gasteiger charge is 2.61. The average molecular weight is 304 g/mol. The van der Waals surface area contributed by atoms with Crippen LogP contribution in [0.3, 0.4) is 0 Å². The van der Waals surface area contributed by atoms with E-state index in [9.17, 15) is 9.90 Å². The van der Waals surface area contributed by atoms with Crippen LogP contribution in [0.2, 0.25) is 0 Å². The number of aliphatic hydroxyl groups is 1. The van der Waals surface area contributed by atoms with Crippen molar-refractivity contribution in [1.29, 1.82) is 0 Å². The summed E-state index contributed by atoms with van der Waals surface area (Å²) in [6, 6.07) is 0. The molecule has 0 saturated heterocycles. The second-order valence-electron chi connectivity index (χ2n) is 9.50. The minimum absolute atomic E-state index is 0.0747. The Labute approximate surface area is 135 Å². The van der Waals surface area contributed by atoms with Crippen molar-refractivity contribution in [2.24, 2.45) is 40.4 Å². The monoisotopic (exact) mass is 304 g/mol. The van der Waals surface area contributed by atoms with Gasteiger partial charge < -0.3 is 5.11 Å². The average Bonchev–Trinajstić information content (AvgIpc) is 2.77. The van der Waals surface area contributed by atoms with Gasteiger partial charge in [0.1, 0.15) is 5.78 Å². The second kappa shape index (κ2) is 4.82. The molecule has 4 rings (SSSR count). The Kier molecular flexibility index (Phi) is 3.32. The molecule has 1 N–H and O–H groups in total. The lowest BCUT2D eigenvalue weighted by Gasteiger charge is -2.62. The van der Waals surface area contributed by atoms with E-state index in [1.807, 2.05) is 0 Å². The molecule has 8 atom stereocenters. The number of Topliss-reactive ketones (excluding diaryl/α,β-unsaturated/α-hetero) is 1. The summed E-state index contributed by atoms with van der Waals surface area (Å²) < 4.78 is 0. The van der Waals surface area contributed by atoms with E-state index in [-0.39, 0.29) is 11.5 Å². The van der Waals surface area contributed by atoms with Crippen LogP contribution in [0, 0.1) is 40.4 Å². The predicted octanol–water partition coefficient (Wildman–Crippen LogP) is 4.21. The van der Waals surface area contributed by atoms with E-state index in [0.29, 0.717) is 23.0 Å². The minimum Gasteiger partial charge on any atom is -0.393 e. The van der Waals surface area contributed by atoms with Gasteiger partial charge in [-0.2, -0.15) is 0 Å². The number of aliphatic hydroxyl groups excluding tert-OH is 1. The van der Waals surface area contributed by atoms with Crippen molar-refractivity contribution in [3.63, 3.8) is 0 Å². The Morgan fingerprint density at radius 2 is 1.77 bits per heavy atom. The van der Waals surface area contributed by atoms with E-state index in [4.69, 9.17) is 0 Å². The Hall–Kier alpha value is -0.370. The Balaban J connectivity index is 1.67. The summed E-state index contributed by atoms with van der Waals surface area (Å²) in [7, 11) is 0. The smallest absolute Gasteiger partial charge is 0.133 e. The third kappa shape index (κ3) is 1.79. The van der Waals surface area contributed by atoms with Crippen LogP contribution < -0.4 is 0 Å². The largest absolute Gasteiger partial charge is 0.393 e. The molecule has 4 aliphatic carbocycles. The molecule has 2 heteroatoms. The van der Waals surface area contributed by atoms with Gasteiger partial charge in [0.25, 0.3) is 0 Å². The van der Waals surface area contributed by atoms with E-state index in [2.05, 4.69) is 20.8 Å². The molecule has 0 bridgehead atoms. The van der Waals surface area contributed by atoms with Gasteiger partial charge in [-0.3, -0.25) is 4.79 Å². The number of hydrogen-bond donors (Lipinski definition) is 1. The summed E-state index contributed by atoms with van der Waals surface area (Å²) >= 11 is 0. The van der Waals surface area contributed by atoms with Crippen LogP contribution in [-0.2, 0) is 4.79 Å². The molecule has 0 unspecified atom stereocenters. The van der Waals surface area contributed by atoms with Crippen LogP contribution in [0.15, 0.2) is 0 Å². The molecule has 22 heavy (non-hydrogen) atoms. The molecular weight excluding hydrogens is 272 g/mol. The van der Waals surface area contributed by atoms with Gasteiger partial charge in [-0.1, -0.05) is 20.8 Å². The molecule has 0 aromatic carbocycles. The van der Waals surface area contributed by atoms with E-state index in [1.165, 1.54) is 32.1 Å². The molecule has 0 radical (unpaired) electrons. The summed E-state index contributed by atoms with van der Waals surface area (Å²) in [5.74, 6) is 3.99. The van der Waals surface area contributed by atoms with E-state index in [1.54, 1.807) is 0 Å². The predicted molar refractivity (Wildman–Crippen MR) is 87.3 cm³/mol. The van der Waals surface area contributed by atoms with Gasteiger partial charge in [0.15, 0.2) is 0 Å². The van der Waals surface area contributed by atoms with Crippen LogP contribution in [0.25, 0.3) is 0 Å². The maximum Gasteiger partial charge on any atom is 0.133 e. The zero-order chi connectivity index (χ0) is 15.7. The molecule has 124 valence electrons. The van der Waals surface area contributed by atoms with Gasteiger partial charge in [0.2, 0.25) is 0 Å². The zero-order valence-electron chi connectivity index (χ0n) is 14.5. The zero-order valence-corrected chi connectivity index (χ0v) is 14.5. The van der Waals surface area contributed by atoms with Gasteiger partial charge in [-0.25, -0.2) is 0 Å². The fraction of sp³-hybridized carbons (Fsp3) is 0.950. The normalized spacial score (nSPS) is 57.9. The van der Waals surface area contributed by atoms with Crippen molar-refractivity contribution in [2.75, 3.05) is 0 Å². The fourth-order valence-corrected chi connectivity index (χ4v) is 7.45. The molecule has 0 aliphatic heterocycles. The summed E-state index contributed by atoms with van der Waals surface area (Å²) in [5, 5.41) is 10.5. The van der Waals surface area contributed by atoms with Crippen molar-refractivity contribution in [1.82, 2.24) is 0 Å². The lowest BCUT2D eigenvalue weighted by atomic mass is 9.43. The van der Waals surface area contributed by atoms with E-state index in [0.717, 1.165) is 37.0 Å². The van der Waals surface area contributed by atoms with Gasteiger partial charge >= 0.3 is 0 Å². The number of hydrogen-bond acceptors (Lipinski definition) is 2. The van der Waals surface area contributed by atoms with Crippen molar-refractivity contribution in [2.45, 2.75) is 78.2 Å². The number of fused-ring (bicyclic) bond motifs is 5. The molecular formula is C20H32O2. The second-order valence-corrected chi connectivity index (χ2v) is 9.50. The van der Waals surface area contributed by atoms with Gasteiger partial charge in [0.05, 0.1) is 6.10 Å². The first-order chi connectivity index (χ1) is 10.4. The van der Waals surface area contributed by atoms with Gasteiger partial charge in [-0.05, 0) is 78.9 Å². The number of carbonyl (C=O) groups is 1. The topological polar surface area (TPSA) is 37.3 Å². The molecule has 0 aromatic rings.